The molecule has 0 bridgehead atoms. The van der Waals surface area contributed by atoms with E-state index in [0.29, 0.717) is 16.1 Å². The maximum atomic E-state index is 12.8. The van der Waals surface area contributed by atoms with E-state index in [9.17, 15) is 32.7 Å². The molecule has 0 unspecified atom stereocenters. The van der Waals surface area contributed by atoms with E-state index in [1.54, 1.807) is 38.1 Å². The Morgan fingerprint density at radius 3 is 2.26 bits per heavy atom. The van der Waals surface area contributed by atoms with E-state index < -0.39 is 35.7 Å². The van der Waals surface area contributed by atoms with Crippen LogP contribution in [0.25, 0.3) is 10.4 Å². The van der Waals surface area contributed by atoms with Gasteiger partial charge in [-0.2, -0.15) is 13.2 Å². The van der Waals surface area contributed by atoms with Gasteiger partial charge in [0.15, 0.2) is 5.01 Å². The van der Waals surface area contributed by atoms with E-state index in [0.717, 1.165) is 23.5 Å². The summed E-state index contributed by atoms with van der Waals surface area (Å²) in [6.45, 7) is 3.36. The van der Waals surface area contributed by atoms with Gasteiger partial charge in [-0.25, -0.2) is 14.6 Å². The van der Waals surface area contributed by atoms with E-state index in [4.69, 9.17) is 0 Å². The molecule has 0 aliphatic rings. The molecule has 3 aromatic rings. The molecular weight excluding hydrogens is 485 g/mol. The van der Waals surface area contributed by atoms with Gasteiger partial charge in [-0.1, -0.05) is 32.0 Å². The van der Waals surface area contributed by atoms with Crippen LogP contribution in [0.1, 0.15) is 29.2 Å². The third kappa shape index (κ3) is 6.79. The number of urea groups is 1. The van der Waals surface area contributed by atoms with Gasteiger partial charge in [0, 0.05) is 17.6 Å². The molecule has 0 radical (unpaired) electrons. The third-order valence-electron chi connectivity index (χ3n) is 4.79. The molecule has 4 N–H and O–H groups in total. The number of halogens is 3. The van der Waals surface area contributed by atoms with Gasteiger partial charge in [-0.05, 0) is 41.8 Å². The minimum atomic E-state index is -4.52. The van der Waals surface area contributed by atoms with Crippen LogP contribution in [-0.4, -0.2) is 34.0 Å². The zero-order valence-corrected chi connectivity index (χ0v) is 19.3. The molecule has 0 saturated carbocycles. The Labute approximate surface area is 202 Å². The van der Waals surface area contributed by atoms with Crippen LogP contribution in [0, 0.1) is 5.92 Å². The molecule has 12 heteroatoms. The Kier molecular flexibility index (Phi) is 7.75. The van der Waals surface area contributed by atoms with E-state index in [1.807, 2.05) is 0 Å². The average Bonchev–Trinajstić information content (AvgIpc) is 3.27. The highest BCUT2D eigenvalue weighted by Gasteiger charge is 2.30. The van der Waals surface area contributed by atoms with Crippen LogP contribution < -0.4 is 16.0 Å². The topological polar surface area (TPSA) is 120 Å². The number of nitrogens with zero attached hydrogens (tertiary/aromatic N) is 1. The maximum absolute atomic E-state index is 12.8. The number of aliphatic carboxylic acids is 1. The molecule has 35 heavy (non-hydrogen) atoms. The Hall–Kier alpha value is -3.93. The van der Waals surface area contributed by atoms with Crippen molar-refractivity contribution in [3.63, 3.8) is 0 Å². The van der Waals surface area contributed by atoms with Crippen LogP contribution in [0.3, 0.4) is 0 Å². The highest BCUT2D eigenvalue weighted by Crippen LogP contribution is 2.31. The number of hydrogen-bond acceptors (Lipinski definition) is 5. The lowest BCUT2D eigenvalue weighted by Gasteiger charge is -2.16. The summed E-state index contributed by atoms with van der Waals surface area (Å²) >= 11 is 1.08. The Bertz CT molecular complexity index is 1230. The van der Waals surface area contributed by atoms with Gasteiger partial charge in [0.25, 0.3) is 5.91 Å². The van der Waals surface area contributed by atoms with Crippen molar-refractivity contribution in [1.29, 1.82) is 0 Å². The molecule has 0 aliphatic carbocycles. The first kappa shape index (κ1) is 25.7. The molecule has 184 valence electrons. The summed E-state index contributed by atoms with van der Waals surface area (Å²) < 4.78 is 38.5. The Morgan fingerprint density at radius 1 is 1.00 bits per heavy atom. The number of carbonyl (C=O) groups is 3. The second kappa shape index (κ2) is 10.6. The number of hydrogen-bond donors (Lipinski definition) is 4. The number of alkyl halides is 3. The van der Waals surface area contributed by atoms with E-state index in [-0.39, 0.29) is 16.6 Å². The predicted molar refractivity (Wildman–Crippen MR) is 125 cm³/mol. The summed E-state index contributed by atoms with van der Waals surface area (Å²) in [6.07, 6.45) is -3.04. The van der Waals surface area contributed by atoms with Crippen molar-refractivity contribution in [1.82, 2.24) is 10.3 Å². The van der Waals surface area contributed by atoms with Gasteiger partial charge in [-0.3, -0.25) is 4.79 Å². The third-order valence-corrected chi connectivity index (χ3v) is 5.84. The van der Waals surface area contributed by atoms with E-state index >= 15 is 0 Å². The Morgan fingerprint density at radius 2 is 1.66 bits per heavy atom. The summed E-state index contributed by atoms with van der Waals surface area (Å²) in [6, 6.07) is 9.03. The molecule has 3 amide bonds. The second-order valence-electron chi connectivity index (χ2n) is 7.80. The van der Waals surface area contributed by atoms with Crippen LogP contribution in [0.4, 0.5) is 29.3 Å². The van der Waals surface area contributed by atoms with Gasteiger partial charge in [0.05, 0.1) is 10.4 Å². The number of rotatable bonds is 7. The zero-order chi connectivity index (χ0) is 25.8. The minimum absolute atomic E-state index is 0.00739. The predicted octanol–water partition coefficient (Wildman–Crippen LogP) is 5.31. The van der Waals surface area contributed by atoms with Crippen molar-refractivity contribution in [2.75, 3.05) is 10.6 Å². The van der Waals surface area contributed by atoms with Crippen molar-refractivity contribution in [3.8, 4) is 10.4 Å². The van der Waals surface area contributed by atoms with E-state index in [1.165, 1.54) is 18.3 Å². The van der Waals surface area contributed by atoms with Gasteiger partial charge in [0.1, 0.15) is 6.04 Å². The number of nitrogens with one attached hydrogen (secondary N) is 3. The summed E-state index contributed by atoms with van der Waals surface area (Å²) in [7, 11) is 0. The normalized spacial score (nSPS) is 12.2. The maximum Gasteiger partial charge on any atom is 0.416 e. The first-order valence-corrected chi connectivity index (χ1v) is 11.1. The smallest absolute Gasteiger partial charge is 0.416 e. The standard InChI is InChI=1S/C23H21F3N4O4S/c1-12(2)18(21(32)33)30-19(31)20-27-11-17(35-20)13-6-8-15(9-7-13)28-22(34)29-16-5-3-4-14(10-16)23(24,25)26/h3-12,18H,1-2H3,(H,30,31)(H,32,33)(H2,28,29,34)/t18-/m1/s1. The number of carboxylic acid groups (broad SMARTS) is 1. The minimum Gasteiger partial charge on any atom is -0.480 e. The monoisotopic (exact) mass is 506 g/mol. The molecule has 8 nitrogen and oxygen atoms in total. The fourth-order valence-electron chi connectivity index (χ4n) is 3.01. The molecule has 0 fully saturated rings. The molecule has 3 rings (SSSR count). The molecule has 1 aromatic heterocycles. The summed E-state index contributed by atoms with van der Waals surface area (Å²) in [4.78, 5) is 40.5. The fraction of sp³-hybridized carbons (Fsp3) is 0.217. The molecular formula is C23H21F3N4O4S. The van der Waals surface area contributed by atoms with Gasteiger partial charge < -0.3 is 21.1 Å². The highest BCUT2D eigenvalue weighted by atomic mass is 32.1. The van der Waals surface area contributed by atoms with Gasteiger partial charge in [-0.15, -0.1) is 11.3 Å². The number of carbonyl (C=O) groups excluding carboxylic acids is 2. The van der Waals surface area contributed by atoms with Gasteiger partial charge in [0.2, 0.25) is 0 Å². The molecule has 0 saturated heterocycles. The van der Waals surface area contributed by atoms with E-state index in [2.05, 4.69) is 20.9 Å². The number of carboxylic acids is 1. The molecule has 2 aromatic carbocycles. The van der Waals surface area contributed by atoms with Gasteiger partial charge >= 0.3 is 18.2 Å². The zero-order valence-electron chi connectivity index (χ0n) is 18.5. The summed E-state index contributed by atoms with van der Waals surface area (Å²) in [5.74, 6) is -2.03. The number of benzene rings is 2. The van der Waals surface area contributed by atoms with Crippen molar-refractivity contribution in [3.05, 3.63) is 65.3 Å². The summed E-state index contributed by atoms with van der Waals surface area (Å²) in [5.41, 5.74) is 0.206. The number of anilines is 2. The first-order valence-electron chi connectivity index (χ1n) is 10.3. The molecule has 0 spiro atoms. The SMILES string of the molecule is CC(C)[C@@H](NC(=O)c1ncc(-c2ccc(NC(=O)Nc3cccc(C(F)(F)F)c3)cc2)s1)C(=O)O. The molecule has 1 atom stereocenters. The van der Waals surface area contributed by atoms with Crippen molar-refractivity contribution >= 4 is 40.6 Å². The largest absolute Gasteiger partial charge is 0.480 e. The summed E-state index contributed by atoms with van der Waals surface area (Å²) in [5, 5.41) is 16.7. The average molecular weight is 507 g/mol. The number of thiazole rings is 1. The fourth-order valence-corrected chi connectivity index (χ4v) is 3.84. The number of aromatic nitrogens is 1. The van der Waals surface area contributed by atoms with Crippen LogP contribution in [-0.2, 0) is 11.0 Å². The first-order chi connectivity index (χ1) is 16.4. The Balaban J connectivity index is 1.62. The lowest BCUT2D eigenvalue weighted by atomic mass is 10.1. The molecule has 1 heterocycles. The lowest BCUT2D eigenvalue weighted by molar-refractivity contribution is -0.140. The van der Waals surface area contributed by atoms with Crippen LogP contribution >= 0.6 is 11.3 Å². The van der Waals surface area contributed by atoms with Crippen molar-refractivity contribution in [2.45, 2.75) is 26.1 Å². The lowest BCUT2D eigenvalue weighted by Crippen LogP contribution is -2.44. The van der Waals surface area contributed by atoms with Crippen LogP contribution in [0.15, 0.2) is 54.7 Å². The number of amides is 3. The second-order valence-corrected chi connectivity index (χ2v) is 8.83. The van der Waals surface area contributed by atoms with Crippen LogP contribution in [0.2, 0.25) is 0 Å². The highest BCUT2D eigenvalue weighted by molar-refractivity contribution is 7.17. The molecule has 0 aliphatic heterocycles. The van der Waals surface area contributed by atoms with Crippen molar-refractivity contribution in [2.24, 2.45) is 5.92 Å². The van der Waals surface area contributed by atoms with Crippen molar-refractivity contribution < 1.29 is 32.7 Å². The van der Waals surface area contributed by atoms with Crippen LogP contribution in [0.5, 0.6) is 0 Å². The quantitative estimate of drug-likeness (QED) is 0.346.